The minimum Gasteiger partial charge on any atom is -0.468 e. The van der Waals surface area contributed by atoms with E-state index in [9.17, 15) is 0 Å². The Morgan fingerprint density at radius 2 is 1.94 bits per heavy atom. The van der Waals surface area contributed by atoms with Crippen molar-refractivity contribution in [2.75, 3.05) is 0 Å². The fraction of sp³-hybridized carbons (Fsp3) is 0.133. The first kappa shape index (κ1) is 11.0. The van der Waals surface area contributed by atoms with Gasteiger partial charge in [-0.2, -0.15) is 0 Å². The van der Waals surface area contributed by atoms with Crippen LogP contribution in [-0.2, 0) is 13.0 Å². The molecule has 0 bridgehead atoms. The highest BCUT2D eigenvalue weighted by Crippen LogP contribution is 2.21. The lowest BCUT2D eigenvalue weighted by atomic mass is 10.0. The molecule has 90 valence electrons. The van der Waals surface area contributed by atoms with Crippen molar-refractivity contribution in [1.29, 1.82) is 0 Å². The van der Waals surface area contributed by atoms with E-state index in [4.69, 9.17) is 10.2 Å². The molecule has 3 nitrogen and oxygen atoms in total. The van der Waals surface area contributed by atoms with Crippen molar-refractivity contribution in [2.24, 2.45) is 5.73 Å². The van der Waals surface area contributed by atoms with Gasteiger partial charge in [0.05, 0.1) is 18.3 Å². The van der Waals surface area contributed by atoms with Gasteiger partial charge in [0.2, 0.25) is 0 Å². The molecule has 2 aromatic heterocycles. The van der Waals surface area contributed by atoms with Crippen LogP contribution >= 0.6 is 0 Å². The summed E-state index contributed by atoms with van der Waals surface area (Å²) in [5, 5.41) is 1.18. The van der Waals surface area contributed by atoms with Crippen molar-refractivity contribution in [2.45, 2.75) is 13.0 Å². The highest BCUT2D eigenvalue weighted by molar-refractivity contribution is 5.82. The van der Waals surface area contributed by atoms with E-state index >= 15 is 0 Å². The number of hydrogen-bond donors (Lipinski definition) is 1. The average Bonchev–Trinajstić information content (AvgIpc) is 2.86. The van der Waals surface area contributed by atoms with E-state index < -0.39 is 0 Å². The first-order valence-electron chi connectivity index (χ1n) is 5.96. The first-order chi connectivity index (χ1) is 8.88. The van der Waals surface area contributed by atoms with Crippen molar-refractivity contribution < 1.29 is 4.42 Å². The molecule has 3 rings (SSSR count). The molecule has 0 aliphatic heterocycles. The molecule has 0 amide bonds. The van der Waals surface area contributed by atoms with Crippen molar-refractivity contribution >= 4 is 10.9 Å². The summed E-state index contributed by atoms with van der Waals surface area (Å²) < 4.78 is 5.36. The molecule has 18 heavy (non-hydrogen) atoms. The highest BCUT2D eigenvalue weighted by atomic mass is 16.3. The van der Waals surface area contributed by atoms with Crippen LogP contribution in [0.3, 0.4) is 0 Å². The summed E-state index contributed by atoms with van der Waals surface area (Å²) in [4.78, 5) is 4.37. The minimum absolute atomic E-state index is 0.436. The minimum atomic E-state index is 0.436. The van der Waals surface area contributed by atoms with Crippen molar-refractivity contribution in [3.8, 4) is 0 Å². The molecule has 0 fully saturated rings. The molecule has 0 spiro atoms. The van der Waals surface area contributed by atoms with Crippen LogP contribution in [0.25, 0.3) is 10.9 Å². The monoisotopic (exact) mass is 238 g/mol. The SMILES string of the molecule is NCc1occc1Cc1ccnc2ccccc12. The second-order valence-corrected chi connectivity index (χ2v) is 4.24. The average molecular weight is 238 g/mol. The molecule has 3 heteroatoms. The Morgan fingerprint density at radius 3 is 2.83 bits per heavy atom. The van der Waals surface area contributed by atoms with E-state index in [0.717, 1.165) is 23.3 Å². The molecule has 2 N–H and O–H groups in total. The molecule has 0 radical (unpaired) electrons. The number of fused-ring (bicyclic) bond motifs is 1. The second kappa shape index (κ2) is 4.63. The van der Waals surface area contributed by atoms with Gasteiger partial charge in [0, 0.05) is 18.0 Å². The smallest absolute Gasteiger partial charge is 0.120 e. The van der Waals surface area contributed by atoms with Gasteiger partial charge >= 0.3 is 0 Å². The van der Waals surface area contributed by atoms with E-state index in [1.165, 1.54) is 10.9 Å². The summed E-state index contributed by atoms with van der Waals surface area (Å²) >= 11 is 0. The molecule has 2 heterocycles. The lowest BCUT2D eigenvalue weighted by molar-refractivity contribution is 0.508. The van der Waals surface area contributed by atoms with Gasteiger partial charge in [0.15, 0.2) is 0 Å². The van der Waals surface area contributed by atoms with E-state index in [1.54, 1.807) is 6.26 Å². The molecule has 1 aromatic carbocycles. The van der Waals surface area contributed by atoms with Gasteiger partial charge < -0.3 is 10.2 Å². The van der Waals surface area contributed by atoms with Crippen LogP contribution in [-0.4, -0.2) is 4.98 Å². The van der Waals surface area contributed by atoms with Crippen molar-refractivity contribution in [1.82, 2.24) is 4.98 Å². The highest BCUT2D eigenvalue weighted by Gasteiger charge is 2.08. The summed E-state index contributed by atoms with van der Waals surface area (Å²) in [7, 11) is 0. The molecule has 0 atom stereocenters. The van der Waals surface area contributed by atoms with Crippen LogP contribution < -0.4 is 5.73 Å². The normalized spacial score (nSPS) is 10.9. The van der Waals surface area contributed by atoms with E-state index in [-0.39, 0.29) is 0 Å². The first-order valence-corrected chi connectivity index (χ1v) is 5.96. The fourth-order valence-corrected chi connectivity index (χ4v) is 2.22. The Bertz CT molecular complexity index is 668. The molecular formula is C15H14N2O. The van der Waals surface area contributed by atoms with Gasteiger partial charge in [-0.1, -0.05) is 18.2 Å². The second-order valence-electron chi connectivity index (χ2n) is 4.24. The summed E-state index contributed by atoms with van der Waals surface area (Å²) in [6.07, 6.45) is 4.37. The van der Waals surface area contributed by atoms with Crippen molar-refractivity contribution in [3.05, 3.63) is 65.7 Å². The molecule has 0 saturated heterocycles. The maximum Gasteiger partial charge on any atom is 0.120 e. The quantitative estimate of drug-likeness (QED) is 0.763. The predicted molar refractivity (Wildman–Crippen MR) is 71.1 cm³/mol. The number of benzene rings is 1. The van der Waals surface area contributed by atoms with Crippen LogP contribution in [0, 0.1) is 0 Å². The Balaban J connectivity index is 2.05. The standard InChI is InChI=1S/C15H14N2O/c16-10-15-12(6-8-18-15)9-11-5-7-17-14-4-2-1-3-13(11)14/h1-8H,9-10,16H2. The summed E-state index contributed by atoms with van der Waals surface area (Å²) in [5.41, 5.74) is 9.07. The zero-order valence-corrected chi connectivity index (χ0v) is 9.97. The lowest BCUT2D eigenvalue weighted by Crippen LogP contribution is -1.99. The van der Waals surface area contributed by atoms with E-state index in [0.29, 0.717) is 6.54 Å². The topological polar surface area (TPSA) is 52.0 Å². The third-order valence-electron chi connectivity index (χ3n) is 3.14. The number of hydrogen-bond acceptors (Lipinski definition) is 3. The summed E-state index contributed by atoms with van der Waals surface area (Å²) in [6.45, 7) is 0.436. The fourth-order valence-electron chi connectivity index (χ4n) is 2.22. The zero-order valence-electron chi connectivity index (χ0n) is 9.97. The molecule has 0 aliphatic rings. The molecular weight excluding hydrogens is 224 g/mol. The maximum atomic E-state index is 5.66. The largest absolute Gasteiger partial charge is 0.468 e. The molecule has 0 aliphatic carbocycles. The van der Waals surface area contributed by atoms with Crippen LogP contribution in [0.2, 0.25) is 0 Å². The molecule has 3 aromatic rings. The lowest BCUT2D eigenvalue weighted by Gasteiger charge is -2.05. The number of para-hydroxylation sites is 1. The number of pyridine rings is 1. The van der Waals surface area contributed by atoms with Gasteiger partial charge in [-0.05, 0) is 29.3 Å². The van der Waals surface area contributed by atoms with Crippen LogP contribution in [0.15, 0.2) is 53.3 Å². The van der Waals surface area contributed by atoms with Gasteiger partial charge in [0.25, 0.3) is 0 Å². The van der Waals surface area contributed by atoms with Crippen LogP contribution in [0.1, 0.15) is 16.9 Å². The number of nitrogens with two attached hydrogens (primary N) is 1. The van der Waals surface area contributed by atoms with Crippen LogP contribution in [0.4, 0.5) is 0 Å². The van der Waals surface area contributed by atoms with Crippen LogP contribution in [0.5, 0.6) is 0 Å². The van der Waals surface area contributed by atoms with Gasteiger partial charge in [-0.15, -0.1) is 0 Å². The summed E-state index contributed by atoms with van der Waals surface area (Å²) in [5.74, 6) is 0.857. The van der Waals surface area contributed by atoms with E-state index in [1.807, 2.05) is 30.5 Å². The number of rotatable bonds is 3. The Hall–Kier alpha value is -2.13. The third kappa shape index (κ3) is 1.89. The van der Waals surface area contributed by atoms with E-state index in [2.05, 4.69) is 17.1 Å². The van der Waals surface area contributed by atoms with Gasteiger partial charge in [-0.25, -0.2) is 0 Å². The number of aromatic nitrogens is 1. The van der Waals surface area contributed by atoms with Crippen molar-refractivity contribution in [3.63, 3.8) is 0 Å². The zero-order chi connectivity index (χ0) is 12.4. The maximum absolute atomic E-state index is 5.66. The Morgan fingerprint density at radius 1 is 1.06 bits per heavy atom. The Kier molecular flexibility index (Phi) is 2.82. The third-order valence-corrected chi connectivity index (χ3v) is 3.14. The molecule has 0 saturated carbocycles. The number of nitrogens with zero attached hydrogens (tertiary/aromatic N) is 1. The summed E-state index contributed by atoms with van der Waals surface area (Å²) in [6, 6.07) is 12.2. The Labute approximate surface area is 105 Å². The predicted octanol–water partition coefficient (Wildman–Crippen LogP) is 2.88. The number of furan rings is 1. The van der Waals surface area contributed by atoms with Gasteiger partial charge in [-0.3, -0.25) is 4.98 Å². The molecule has 0 unspecified atom stereocenters. The van der Waals surface area contributed by atoms with Gasteiger partial charge in [0.1, 0.15) is 5.76 Å².